The summed E-state index contributed by atoms with van der Waals surface area (Å²) in [6.07, 6.45) is 0. The molecule has 0 atom stereocenters. The molecule has 0 saturated heterocycles. The van der Waals surface area contributed by atoms with E-state index in [-0.39, 0.29) is 12.5 Å². The first kappa shape index (κ1) is 15.5. The molecule has 0 aliphatic heterocycles. The fraction of sp³-hybridized carbons (Fsp3) is 0.308. The molecule has 1 aromatic heterocycles. The first-order valence-electron chi connectivity index (χ1n) is 6.33. The van der Waals surface area contributed by atoms with Crippen LogP contribution in [0.1, 0.15) is 5.82 Å². The lowest BCUT2D eigenvalue weighted by Crippen LogP contribution is -2.31. The molecule has 2 N–H and O–H groups in total. The number of hydrogen-bond donors (Lipinski definition) is 2. The predicted molar refractivity (Wildman–Crippen MR) is 82.1 cm³/mol. The topological polar surface area (TPSA) is 71.9 Å². The molecule has 0 fully saturated rings. The van der Waals surface area contributed by atoms with Crippen molar-refractivity contribution >= 4 is 29.7 Å². The minimum Gasteiger partial charge on any atom is -0.484 e. The van der Waals surface area contributed by atoms with Crippen LogP contribution in [0.15, 0.2) is 24.3 Å². The highest BCUT2D eigenvalue weighted by Crippen LogP contribution is 2.15. The molecule has 6 nitrogen and oxygen atoms in total. The molecule has 0 aliphatic rings. The van der Waals surface area contributed by atoms with E-state index in [1.54, 1.807) is 24.3 Å². The molecule has 8 heteroatoms. The van der Waals surface area contributed by atoms with Crippen molar-refractivity contribution in [2.75, 3.05) is 13.2 Å². The number of rotatable bonds is 6. The molecule has 21 heavy (non-hydrogen) atoms. The van der Waals surface area contributed by atoms with E-state index in [9.17, 15) is 4.79 Å². The zero-order valence-corrected chi connectivity index (χ0v) is 13.0. The van der Waals surface area contributed by atoms with Crippen molar-refractivity contribution in [2.24, 2.45) is 0 Å². The zero-order chi connectivity index (χ0) is 15.2. The lowest BCUT2D eigenvalue weighted by atomic mass is 10.3. The molecule has 2 aromatic rings. The number of carbonyl (C=O) groups excluding carboxylic acids is 1. The van der Waals surface area contributed by atoms with Gasteiger partial charge in [-0.05, 0) is 43.4 Å². The number of aryl methyl sites for hydroxylation is 1. The number of benzene rings is 1. The predicted octanol–water partition coefficient (Wildman–Crippen LogP) is 2.10. The number of nitrogens with zero attached hydrogens (tertiary/aromatic N) is 2. The second kappa shape index (κ2) is 7.24. The van der Waals surface area contributed by atoms with Crippen LogP contribution in [0.2, 0.25) is 5.02 Å². The number of hydrogen-bond acceptors (Lipinski definition) is 4. The third kappa shape index (κ3) is 4.57. The van der Waals surface area contributed by atoms with E-state index in [4.69, 9.17) is 28.6 Å². The van der Waals surface area contributed by atoms with Crippen molar-refractivity contribution in [1.82, 2.24) is 20.1 Å². The van der Waals surface area contributed by atoms with Gasteiger partial charge in [-0.2, -0.15) is 5.10 Å². The summed E-state index contributed by atoms with van der Waals surface area (Å²) in [6, 6.07) is 6.84. The summed E-state index contributed by atoms with van der Waals surface area (Å²) in [5, 5.41) is 10.1. The average Bonchev–Trinajstić information content (AvgIpc) is 2.78. The number of H-pyrrole nitrogens is 1. The van der Waals surface area contributed by atoms with Gasteiger partial charge in [0.05, 0.1) is 0 Å². The Morgan fingerprint density at radius 3 is 2.81 bits per heavy atom. The van der Waals surface area contributed by atoms with Crippen LogP contribution in [0.25, 0.3) is 0 Å². The van der Waals surface area contributed by atoms with Gasteiger partial charge in [0.2, 0.25) is 0 Å². The van der Waals surface area contributed by atoms with Gasteiger partial charge < -0.3 is 14.6 Å². The van der Waals surface area contributed by atoms with Gasteiger partial charge in [0.25, 0.3) is 5.91 Å². The molecule has 112 valence electrons. The normalized spacial score (nSPS) is 10.4. The maximum Gasteiger partial charge on any atom is 0.258 e. The summed E-state index contributed by atoms with van der Waals surface area (Å²) in [4.78, 5) is 11.7. The Bertz CT molecular complexity index is 666. The van der Waals surface area contributed by atoms with Crippen LogP contribution in [0.4, 0.5) is 0 Å². The summed E-state index contributed by atoms with van der Waals surface area (Å²) < 4.78 is 7.70. The quantitative estimate of drug-likeness (QED) is 0.797. The van der Waals surface area contributed by atoms with Gasteiger partial charge in [0, 0.05) is 18.1 Å². The van der Waals surface area contributed by atoms with Crippen LogP contribution >= 0.6 is 23.8 Å². The Morgan fingerprint density at radius 2 is 2.19 bits per heavy atom. The number of nitrogens with one attached hydrogen (secondary N) is 2. The number of amides is 1. The van der Waals surface area contributed by atoms with Crippen LogP contribution in [-0.2, 0) is 11.3 Å². The molecule has 0 aliphatic carbocycles. The molecule has 1 amide bonds. The zero-order valence-electron chi connectivity index (χ0n) is 11.4. The molecule has 1 aromatic carbocycles. The van der Waals surface area contributed by atoms with E-state index in [0.717, 1.165) is 5.82 Å². The van der Waals surface area contributed by atoms with Crippen LogP contribution in [0, 0.1) is 11.7 Å². The maximum absolute atomic E-state index is 11.7. The van der Waals surface area contributed by atoms with Gasteiger partial charge in [-0.25, -0.2) is 0 Å². The van der Waals surface area contributed by atoms with Crippen molar-refractivity contribution in [1.29, 1.82) is 0 Å². The van der Waals surface area contributed by atoms with Gasteiger partial charge in [0.1, 0.15) is 11.6 Å². The standard InChI is InChI=1S/C13H15ClN4O2S/c1-9-16-17-13(21)18(9)7-6-15-12(19)8-20-11-4-2-10(14)3-5-11/h2-5H,6-8H2,1H3,(H,15,19)(H,17,21). The summed E-state index contributed by atoms with van der Waals surface area (Å²) in [7, 11) is 0. The second-order valence-electron chi connectivity index (χ2n) is 4.32. The van der Waals surface area contributed by atoms with Crippen molar-refractivity contribution in [3.05, 3.63) is 39.9 Å². The lowest BCUT2D eigenvalue weighted by Gasteiger charge is -2.08. The molecular formula is C13H15ClN4O2S. The number of carbonyl (C=O) groups is 1. The van der Waals surface area contributed by atoms with Crippen LogP contribution < -0.4 is 10.1 Å². The van der Waals surface area contributed by atoms with Crippen molar-refractivity contribution in [3.8, 4) is 5.75 Å². The minimum absolute atomic E-state index is 0.0442. The Balaban J connectivity index is 1.73. The first-order chi connectivity index (χ1) is 10.1. The summed E-state index contributed by atoms with van der Waals surface area (Å²) >= 11 is 10.8. The molecular weight excluding hydrogens is 312 g/mol. The maximum atomic E-state index is 11.7. The van der Waals surface area contributed by atoms with E-state index in [0.29, 0.717) is 28.6 Å². The highest BCUT2D eigenvalue weighted by molar-refractivity contribution is 7.71. The fourth-order valence-electron chi connectivity index (χ4n) is 1.70. The van der Waals surface area contributed by atoms with Crippen molar-refractivity contribution in [2.45, 2.75) is 13.5 Å². The monoisotopic (exact) mass is 326 g/mol. The van der Waals surface area contributed by atoms with E-state index in [1.165, 1.54) is 0 Å². The lowest BCUT2D eigenvalue weighted by molar-refractivity contribution is -0.123. The second-order valence-corrected chi connectivity index (χ2v) is 5.14. The first-order valence-corrected chi connectivity index (χ1v) is 7.12. The smallest absolute Gasteiger partial charge is 0.258 e. The summed E-state index contributed by atoms with van der Waals surface area (Å²) in [5.41, 5.74) is 0. The Hall–Kier alpha value is -1.86. The summed E-state index contributed by atoms with van der Waals surface area (Å²) in [6.45, 7) is 2.82. The van der Waals surface area contributed by atoms with E-state index in [1.807, 2.05) is 11.5 Å². The fourth-order valence-corrected chi connectivity index (χ4v) is 2.09. The average molecular weight is 327 g/mol. The minimum atomic E-state index is -0.197. The van der Waals surface area contributed by atoms with Gasteiger partial charge in [-0.1, -0.05) is 11.6 Å². The Morgan fingerprint density at radius 1 is 1.48 bits per heavy atom. The van der Waals surface area contributed by atoms with Gasteiger partial charge in [-0.15, -0.1) is 0 Å². The molecule has 0 bridgehead atoms. The number of halogens is 1. The van der Waals surface area contributed by atoms with Gasteiger partial charge in [-0.3, -0.25) is 9.89 Å². The SMILES string of the molecule is Cc1n[nH]c(=S)n1CCNC(=O)COc1ccc(Cl)cc1. The Kier molecular flexibility index (Phi) is 5.35. The van der Waals surface area contributed by atoms with E-state index >= 15 is 0 Å². The molecule has 0 radical (unpaired) electrons. The highest BCUT2D eigenvalue weighted by Gasteiger charge is 2.04. The van der Waals surface area contributed by atoms with E-state index in [2.05, 4.69) is 15.5 Å². The van der Waals surface area contributed by atoms with Crippen LogP contribution in [0.3, 0.4) is 0 Å². The molecule has 0 spiro atoms. The molecule has 0 saturated carbocycles. The molecule has 0 unspecified atom stereocenters. The van der Waals surface area contributed by atoms with Crippen molar-refractivity contribution in [3.63, 3.8) is 0 Å². The van der Waals surface area contributed by atoms with Gasteiger partial charge >= 0.3 is 0 Å². The van der Waals surface area contributed by atoms with Gasteiger partial charge in [0.15, 0.2) is 11.4 Å². The van der Waals surface area contributed by atoms with Crippen LogP contribution in [-0.4, -0.2) is 33.8 Å². The summed E-state index contributed by atoms with van der Waals surface area (Å²) in [5.74, 6) is 1.19. The molecule has 2 rings (SSSR count). The number of aromatic amines is 1. The number of ether oxygens (including phenoxy) is 1. The van der Waals surface area contributed by atoms with E-state index < -0.39 is 0 Å². The third-order valence-electron chi connectivity index (χ3n) is 2.79. The number of aromatic nitrogens is 3. The van der Waals surface area contributed by atoms with Crippen LogP contribution in [0.5, 0.6) is 5.75 Å². The highest BCUT2D eigenvalue weighted by atomic mass is 35.5. The van der Waals surface area contributed by atoms with Crippen molar-refractivity contribution < 1.29 is 9.53 Å². The Labute approximate surface area is 132 Å². The largest absolute Gasteiger partial charge is 0.484 e. The molecule has 1 heterocycles. The third-order valence-corrected chi connectivity index (χ3v) is 3.35.